The first-order valence-corrected chi connectivity index (χ1v) is 8.21. The number of allylic oxidation sites excluding steroid dienone is 1. The molecule has 0 bridgehead atoms. The van der Waals surface area contributed by atoms with Crippen LogP contribution in [0.3, 0.4) is 0 Å². The van der Waals surface area contributed by atoms with Crippen LogP contribution in [0.5, 0.6) is 0 Å². The largest absolute Gasteiger partial charge is 0.480 e. The molecule has 0 saturated carbocycles. The van der Waals surface area contributed by atoms with Gasteiger partial charge in [0.05, 0.1) is 0 Å². The number of rotatable bonds is 6. The van der Waals surface area contributed by atoms with Crippen LogP contribution in [0.15, 0.2) is 35.9 Å². The van der Waals surface area contributed by atoms with Crippen LogP contribution in [0.2, 0.25) is 0 Å². The van der Waals surface area contributed by atoms with Crippen molar-refractivity contribution in [3.63, 3.8) is 0 Å². The molecular formula is C19H21FO6. The lowest BCUT2D eigenvalue weighted by molar-refractivity contribution is -0.176. The quantitative estimate of drug-likeness (QED) is 0.595. The van der Waals surface area contributed by atoms with Crippen molar-refractivity contribution in [3.05, 3.63) is 47.3 Å². The van der Waals surface area contributed by atoms with E-state index in [1.165, 1.54) is 37.3 Å². The third-order valence-electron chi connectivity index (χ3n) is 4.77. The molecule has 2 rings (SSSR count). The Bertz CT molecular complexity index is 769. The van der Waals surface area contributed by atoms with Crippen LogP contribution in [0.4, 0.5) is 4.39 Å². The Morgan fingerprint density at radius 2 is 1.77 bits per heavy atom. The van der Waals surface area contributed by atoms with E-state index in [0.29, 0.717) is 17.6 Å². The zero-order valence-corrected chi connectivity index (χ0v) is 14.8. The van der Waals surface area contributed by atoms with Gasteiger partial charge in [0.15, 0.2) is 5.78 Å². The van der Waals surface area contributed by atoms with Gasteiger partial charge >= 0.3 is 11.9 Å². The molecule has 140 valence electrons. The standard InChI is InChI=1S/C19H21FO6/c1-4-9-26-19(17(24)25)10-11(2)14(12-5-7-13(20)8-6-12)18(3,15(19)21)16(22)23/h5-8,10,14H,4,9H2,1-3H3,(H,22,23)(H,24,25). The van der Waals surface area contributed by atoms with Crippen LogP contribution in [0.25, 0.3) is 0 Å². The molecule has 1 aliphatic rings. The van der Waals surface area contributed by atoms with E-state index in [-0.39, 0.29) is 6.61 Å². The molecule has 0 saturated heterocycles. The Morgan fingerprint density at radius 3 is 2.23 bits per heavy atom. The summed E-state index contributed by atoms with van der Waals surface area (Å²) in [5.74, 6) is -5.51. The van der Waals surface area contributed by atoms with Crippen molar-refractivity contribution in [1.29, 1.82) is 0 Å². The van der Waals surface area contributed by atoms with Crippen molar-refractivity contribution in [2.75, 3.05) is 6.61 Å². The zero-order valence-electron chi connectivity index (χ0n) is 14.8. The van der Waals surface area contributed by atoms with Crippen LogP contribution >= 0.6 is 0 Å². The molecule has 3 unspecified atom stereocenters. The predicted molar refractivity (Wildman–Crippen MR) is 90.3 cm³/mol. The highest BCUT2D eigenvalue weighted by Gasteiger charge is 2.63. The third kappa shape index (κ3) is 2.92. The van der Waals surface area contributed by atoms with Crippen molar-refractivity contribution < 1.29 is 33.7 Å². The molecule has 0 amide bonds. The molecule has 1 aromatic carbocycles. The SMILES string of the molecule is CCCOC1(C(=O)O)C=C(C)C(c2ccc(F)cc2)C(C)(C(=O)O)C1=O. The third-order valence-corrected chi connectivity index (χ3v) is 4.77. The minimum absolute atomic E-state index is 0.0151. The fraction of sp³-hybridized carbons (Fsp3) is 0.421. The van der Waals surface area contributed by atoms with Crippen LogP contribution in [0.1, 0.15) is 38.7 Å². The molecule has 1 aromatic rings. The number of carboxylic acid groups (broad SMARTS) is 2. The summed E-state index contributed by atoms with van der Waals surface area (Å²) in [6, 6.07) is 5.13. The summed E-state index contributed by atoms with van der Waals surface area (Å²) in [6.45, 7) is 4.47. The molecule has 0 radical (unpaired) electrons. The topological polar surface area (TPSA) is 101 Å². The van der Waals surface area contributed by atoms with E-state index >= 15 is 0 Å². The molecule has 1 aliphatic carbocycles. The lowest BCUT2D eigenvalue weighted by Gasteiger charge is -2.43. The number of carbonyl (C=O) groups excluding carboxylic acids is 1. The average Bonchev–Trinajstić information content (AvgIpc) is 2.58. The van der Waals surface area contributed by atoms with Gasteiger partial charge in [-0.3, -0.25) is 9.59 Å². The van der Waals surface area contributed by atoms with Gasteiger partial charge in [0.2, 0.25) is 5.60 Å². The minimum Gasteiger partial charge on any atom is -0.480 e. The fourth-order valence-electron chi connectivity index (χ4n) is 3.50. The van der Waals surface area contributed by atoms with Crippen molar-refractivity contribution >= 4 is 17.7 Å². The Morgan fingerprint density at radius 1 is 1.19 bits per heavy atom. The number of ketones is 1. The van der Waals surface area contributed by atoms with E-state index in [4.69, 9.17) is 4.74 Å². The summed E-state index contributed by atoms with van der Waals surface area (Å²) in [5, 5.41) is 19.5. The zero-order chi connectivity index (χ0) is 19.7. The summed E-state index contributed by atoms with van der Waals surface area (Å²) in [5.41, 5.74) is -3.67. The number of carboxylic acids is 2. The minimum atomic E-state index is -2.36. The lowest BCUT2D eigenvalue weighted by atomic mass is 9.59. The lowest BCUT2D eigenvalue weighted by Crippen LogP contribution is -2.61. The van der Waals surface area contributed by atoms with E-state index in [2.05, 4.69) is 0 Å². The van der Waals surface area contributed by atoms with Gasteiger partial charge in [0, 0.05) is 12.5 Å². The van der Waals surface area contributed by atoms with Crippen LogP contribution in [0, 0.1) is 11.2 Å². The highest BCUT2D eigenvalue weighted by molar-refractivity contribution is 6.19. The molecule has 26 heavy (non-hydrogen) atoms. The second kappa shape index (κ2) is 6.99. The van der Waals surface area contributed by atoms with Gasteiger partial charge in [-0.25, -0.2) is 9.18 Å². The van der Waals surface area contributed by atoms with Crippen molar-refractivity contribution in [2.24, 2.45) is 5.41 Å². The van der Waals surface area contributed by atoms with Crippen LogP contribution < -0.4 is 0 Å². The van der Waals surface area contributed by atoms with Gasteiger partial charge in [-0.05, 0) is 44.0 Å². The molecular weight excluding hydrogens is 343 g/mol. The number of hydrogen-bond acceptors (Lipinski definition) is 4. The first-order chi connectivity index (χ1) is 12.1. The monoisotopic (exact) mass is 364 g/mol. The summed E-state index contributed by atoms with van der Waals surface area (Å²) in [7, 11) is 0. The van der Waals surface area contributed by atoms with E-state index in [0.717, 1.165) is 0 Å². The number of halogens is 1. The molecule has 0 spiro atoms. The second-order valence-corrected chi connectivity index (χ2v) is 6.60. The Kier molecular flexibility index (Phi) is 5.32. The van der Waals surface area contributed by atoms with Crippen molar-refractivity contribution in [1.82, 2.24) is 0 Å². The van der Waals surface area contributed by atoms with Crippen molar-refractivity contribution in [3.8, 4) is 0 Å². The normalized spacial score (nSPS) is 28.5. The Hall–Kier alpha value is -2.54. The number of ether oxygens (including phenoxy) is 1. The molecule has 0 heterocycles. The molecule has 0 aromatic heterocycles. The smallest absolute Gasteiger partial charge is 0.348 e. The van der Waals surface area contributed by atoms with Crippen LogP contribution in [-0.2, 0) is 19.1 Å². The van der Waals surface area contributed by atoms with E-state index < -0.39 is 40.5 Å². The number of aliphatic carboxylic acids is 2. The Balaban J connectivity index is 2.73. The maximum absolute atomic E-state index is 13.3. The molecule has 0 fully saturated rings. The first kappa shape index (κ1) is 19.8. The number of benzene rings is 1. The van der Waals surface area contributed by atoms with E-state index in [9.17, 15) is 29.0 Å². The summed E-state index contributed by atoms with van der Waals surface area (Å²) in [6.07, 6.45) is 1.63. The maximum atomic E-state index is 13.3. The van der Waals surface area contributed by atoms with Gasteiger partial charge < -0.3 is 14.9 Å². The highest BCUT2D eigenvalue weighted by Crippen LogP contribution is 2.49. The molecule has 0 aliphatic heterocycles. The Labute approximate surface area is 150 Å². The van der Waals surface area contributed by atoms with E-state index in [1.807, 2.05) is 0 Å². The van der Waals surface area contributed by atoms with Crippen LogP contribution in [-0.4, -0.2) is 40.1 Å². The molecule has 7 heteroatoms. The summed E-state index contributed by atoms with van der Waals surface area (Å²) < 4.78 is 18.6. The maximum Gasteiger partial charge on any atom is 0.348 e. The number of hydrogen-bond donors (Lipinski definition) is 2. The van der Waals surface area contributed by atoms with E-state index in [1.54, 1.807) is 13.8 Å². The average molecular weight is 364 g/mol. The van der Waals surface area contributed by atoms with Gasteiger partial charge in [0.1, 0.15) is 11.2 Å². The number of carbonyl (C=O) groups is 3. The summed E-state index contributed by atoms with van der Waals surface area (Å²) in [4.78, 5) is 37.1. The highest BCUT2D eigenvalue weighted by atomic mass is 19.1. The van der Waals surface area contributed by atoms with Crippen molar-refractivity contribution in [2.45, 2.75) is 38.7 Å². The van der Waals surface area contributed by atoms with Gasteiger partial charge in [0.25, 0.3) is 0 Å². The predicted octanol–water partition coefficient (Wildman–Crippen LogP) is 2.78. The first-order valence-electron chi connectivity index (χ1n) is 8.21. The molecule has 2 N–H and O–H groups in total. The fourth-order valence-corrected chi connectivity index (χ4v) is 3.50. The summed E-state index contributed by atoms with van der Waals surface area (Å²) >= 11 is 0. The second-order valence-electron chi connectivity index (χ2n) is 6.60. The van der Waals surface area contributed by atoms with Gasteiger partial charge in [-0.2, -0.15) is 0 Å². The van der Waals surface area contributed by atoms with Gasteiger partial charge in [-0.15, -0.1) is 0 Å². The number of Topliss-reactive ketones (excluding diaryl/α,β-unsaturated/α-hetero) is 1. The molecule has 3 atom stereocenters. The van der Waals surface area contributed by atoms with Gasteiger partial charge in [-0.1, -0.05) is 24.6 Å². The molecule has 6 nitrogen and oxygen atoms in total.